The minimum Gasteiger partial charge on any atom is -0.192 e. The highest BCUT2D eigenvalue weighted by molar-refractivity contribution is 5.83. The molecule has 48 heavy (non-hydrogen) atoms. The van der Waals surface area contributed by atoms with E-state index in [0.717, 1.165) is 44.5 Å². The Kier molecular flexibility index (Phi) is 6.43. The van der Waals surface area contributed by atoms with Crippen LogP contribution in [0.5, 0.6) is 0 Å². The number of nitrogens with zero attached hydrogens (tertiary/aromatic N) is 2. The van der Waals surface area contributed by atoms with Crippen LogP contribution in [0, 0.1) is 22.7 Å². The first-order valence-corrected chi connectivity index (χ1v) is 16.3. The molecular formula is C46H28N2. The Balaban J connectivity index is 1.23. The SMILES string of the molecule is N#Cc1cc2c(cc1-c1cccc(-c3ccccc3)c1)C1c3ccccc3C2c2cc(-c3cccc(-c4ccccc4)c3)c(C#N)cc21. The molecule has 2 heteroatoms. The second-order valence-corrected chi connectivity index (χ2v) is 12.7. The third kappa shape index (κ3) is 4.32. The average Bonchev–Trinajstić information content (AvgIpc) is 3.17. The molecule has 0 saturated heterocycles. The summed E-state index contributed by atoms with van der Waals surface area (Å²) in [5.41, 5.74) is 17.2. The van der Waals surface area contributed by atoms with E-state index in [1.807, 2.05) is 36.4 Å². The topological polar surface area (TPSA) is 47.6 Å². The van der Waals surface area contributed by atoms with Crippen LogP contribution in [0.2, 0.25) is 0 Å². The van der Waals surface area contributed by atoms with Crippen molar-refractivity contribution in [1.82, 2.24) is 0 Å². The molecule has 0 saturated carbocycles. The van der Waals surface area contributed by atoms with Gasteiger partial charge in [-0.15, -0.1) is 0 Å². The summed E-state index contributed by atoms with van der Waals surface area (Å²) in [5, 5.41) is 21.0. The summed E-state index contributed by atoms with van der Waals surface area (Å²) in [5.74, 6) is -0.0615. The van der Waals surface area contributed by atoms with Crippen LogP contribution in [0.25, 0.3) is 44.5 Å². The third-order valence-corrected chi connectivity index (χ3v) is 10.1. The number of rotatable bonds is 4. The zero-order chi connectivity index (χ0) is 32.2. The number of hydrogen-bond donors (Lipinski definition) is 0. The van der Waals surface area contributed by atoms with Crippen molar-refractivity contribution in [3.05, 3.63) is 202 Å². The first-order chi connectivity index (χ1) is 23.7. The molecule has 7 aromatic carbocycles. The van der Waals surface area contributed by atoms with Crippen LogP contribution in [0.3, 0.4) is 0 Å². The van der Waals surface area contributed by atoms with Gasteiger partial charge in [-0.25, -0.2) is 0 Å². The first kappa shape index (κ1) is 27.8. The van der Waals surface area contributed by atoms with E-state index in [1.165, 1.54) is 33.4 Å². The van der Waals surface area contributed by atoms with E-state index in [1.54, 1.807) is 0 Å². The summed E-state index contributed by atoms with van der Waals surface area (Å²) >= 11 is 0. The van der Waals surface area contributed by atoms with Crippen LogP contribution in [-0.4, -0.2) is 0 Å². The van der Waals surface area contributed by atoms with Gasteiger partial charge in [0.15, 0.2) is 0 Å². The second kappa shape index (κ2) is 11.1. The van der Waals surface area contributed by atoms with Gasteiger partial charge in [0, 0.05) is 11.8 Å². The fraction of sp³-hybridized carbons (Fsp3) is 0.0435. The molecule has 2 unspecified atom stereocenters. The smallest absolute Gasteiger partial charge is 0.0998 e. The molecule has 7 aromatic rings. The minimum atomic E-state index is -0.0307. The Morgan fingerprint density at radius 2 is 0.667 bits per heavy atom. The fourth-order valence-corrected chi connectivity index (χ4v) is 7.96. The molecule has 2 atom stereocenters. The van der Waals surface area contributed by atoms with Crippen molar-refractivity contribution < 1.29 is 0 Å². The fourth-order valence-electron chi connectivity index (χ4n) is 7.96. The molecule has 0 amide bonds. The van der Waals surface area contributed by atoms with Crippen LogP contribution in [-0.2, 0) is 0 Å². The van der Waals surface area contributed by atoms with Gasteiger partial charge in [-0.05, 0) is 114 Å². The van der Waals surface area contributed by atoms with Gasteiger partial charge in [-0.2, -0.15) is 10.5 Å². The van der Waals surface area contributed by atoms with Crippen molar-refractivity contribution in [2.45, 2.75) is 11.8 Å². The molecule has 3 aliphatic rings. The summed E-state index contributed by atoms with van der Waals surface area (Å²) in [6.45, 7) is 0. The van der Waals surface area contributed by atoms with E-state index in [-0.39, 0.29) is 11.8 Å². The van der Waals surface area contributed by atoms with Crippen LogP contribution < -0.4 is 0 Å². The maximum atomic E-state index is 10.5. The van der Waals surface area contributed by atoms with Gasteiger partial charge in [-0.3, -0.25) is 0 Å². The van der Waals surface area contributed by atoms with Crippen molar-refractivity contribution in [3.8, 4) is 56.6 Å². The molecule has 0 radical (unpaired) electrons. The van der Waals surface area contributed by atoms with Gasteiger partial charge in [-0.1, -0.05) is 121 Å². The Morgan fingerprint density at radius 3 is 1.08 bits per heavy atom. The van der Waals surface area contributed by atoms with E-state index < -0.39 is 0 Å². The Hall–Kier alpha value is -6.48. The molecule has 2 bridgehead atoms. The van der Waals surface area contributed by atoms with E-state index in [2.05, 4.69) is 133 Å². The molecule has 0 aromatic heterocycles. The maximum absolute atomic E-state index is 10.5. The van der Waals surface area contributed by atoms with Crippen LogP contribution in [0.1, 0.15) is 56.3 Å². The predicted octanol–water partition coefficient (Wildman–Crippen LogP) is 11.1. The van der Waals surface area contributed by atoms with E-state index in [4.69, 9.17) is 0 Å². The van der Waals surface area contributed by atoms with E-state index >= 15 is 0 Å². The Morgan fingerprint density at radius 1 is 0.312 bits per heavy atom. The van der Waals surface area contributed by atoms with Crippen molar-refractivity contribution in [2.75, 3.05) is 0 Å². The lowest BCUT2D eigenvalue weighted by atomic mass is 9.60. The Labute approximate surface area is 280 Å². The molecular weight excluding hydrogens is 581 g/mol. The monoisotopic (exact) mass is 608 g/mol. The molecule has 2 nitrogen and oxygen atoms in total. The second-order valence-electron chi connectivity index (χ2n) is 12.7. The first-order valence-electron chi connectivity index (χ1n) is 16.3. The zero-order valence-corrected chi connectivity index (χ0v) is 26.1. The lowest BCUT2D eigenvalue weighted by Gasteiger charge is -2.43. The number of nitriles is 2. The van der Waals surface area contributed by atoms with Gasteiger partial charge < -0.3 is 0 Å². The quantitative estimate of drug-likeness (QED) is 0.200. The van der Waals surface area contributed by atoms with Crippen molar-refractivity contribution in [1.29, 1.82) is 10.5 Å². The van der Waals surface area contributed by atoms with Gasteiger partial charge in [0.05, 0.1) is 23.3 Å². The van der Waals surface area contributed by atoms with Gasteiger partial charge in [0.1, 0.15) is 0 Å². The van der Waals surface area contributed by atoms with Gasteiger partial charge >= 0.3 is 0 Å². The molecule has 0 spiro atoms. The van der Waals surface area contributed by atoms with Crippen molar-refractivity contribution in [2.24, 2.45) is 0 Å². The number of benzene rings is 7. The standard InChI is InChI=1S/C46H28N2/c47-27-35-23-41-43(25-39(35)33-17-9-15-31(21-33)29-11-3-1-4-12-29)45-37-19-7-8-20-38(37)46(41)44-26-40(36(28-48)24-42(44)45)34-18-10-16-32(22-34)30-13-5-2-6-14-30/h1-26,45-46H. The normalized spacial score (nSPS) is 15.0. The molecule has 0 N–H and O–H groups in total. The molecule has 0 fully saturated rings. The highest BCUT2D eigenvalue weighted by Crippen LogP contribution is 2.57. The average molecular weight is 609 g/mol. The van der Waals surface area contributed by atoms with Crippen LogP contribution >= 0.6 is 0 Å². The Bertz CT molecular complexity index is 2300. The summed E-state index contributed by atoms with van der Waals surface area (Å²) < 4.78 is 0. The zero-order valence-electron chi connectivity index (χ0n) is 26.1. The van der Waals surface area contributed by atoms with Crippen LogP contribution in [0.15, 0.2) is 158 Å². The maximum Gasteiger partial charge on any atom is 0.0998 e. The highest BCUT2D eigenvalue weighted by atomic mass is 14.4. The van der Waals surface area contributed by atoms with E-state index in [9.17, 15) is 10.5 Å². The summed E-state index contributed by atoms with van der Waals surface area (Å²) in [4.78, 5) is 0. The molecule has 222 valence electrons. The van der Waals surface area contributed by atoms with Crippen molar-refractivity contribution >= 4 is 0 Å². The molecule has 3 aliphatic carbocycles. The van der Waals surface area contributed by atoms with Gasteiger partial charge in [0.2, 0.25) is 0 Å². The third-order valence-electron chi connectivity index (χ3n) is 10.1. The minimum absolute atomic E-state index is 0.0307. The van der Waals surface area contributed by atoms with E-state index in [0.29, 0.717) is 11.1 Å². The molecule has 0 heterocycles. The number of hydrogen-bond acceptors (Lipinski definition) is 2. The lowest BCUT2D eigenvalue weighted by molar-refractivity contribution is 0.754. The summed E-state index contributed by atoms with van der Waals surface area (Å²) in [6.07, 6.45) is 0. The summed E-state index contributed by atoms with van der Waals surface area (Å²) in [7, 11) is 0. The molecule has 10 rings (SSSR count). The molecule has 0 aliphatic heterocycles. The van der Waals surface area contributed by atoms with Gasteiger partial charge in [0.25, 0.3) is 0 Å². The predicted molar refractivity (Wildman–Crippen MR) is 192 cm³/mol. The van der Waals surface area contributed by atoms with Crippen LogP contribution in [0.4, 0.5) is 0 Å². The van der Waals surface area contributed by atoms with Crippen molar-refractivity contribution in [3.63, 3.8) is 0 Å². The largest absolute Gasteiger partial charge is 0.192 e. The summed E-state index contributed by atoms with van der Waals surface area (Å²) in [6, 6.07) is 60.2. The highest BCUT2D eigenvalue weighted by Gasteiger charge is 2.42. The lowest BCUT2D eigenvalue weighted by Crippen LogP contribution is -2.28.